The van der Waals surface area contributed by atoms with Crippen LogP contribution in [0.1, 0.15) is 12.0 Å². The Balaban J connectivity index is 2.99. The van der Waals surface area contributed by atoms with E-state index < -0.39 is 10.0 Å². The van der Waals surface area contributed by atoms with Gasteiger partial charge in [0.2, 0.25) is 10.0 Å². The zero-order valence-electron chi connectivity index (χ0n) is 9.03. The molecule has 5 heteroatoms. The highest BCUT2D eigenvalue weighted by Crippen LogP contribution is 2.17. The van der Waals surface area contributed by atoms with Crippen LogP contribution in [-0.2, 0) is 10.0 Å². The van der Waals surface area contributed by atoms with Gasteiger partial charge in [0.25, 0.3) is 0 Å². The van der Waals surface area contributed by atoms with E-state index >= 15 is 0 Å². The molecule has 0 radical (unpaired) electrons. The Morgan fingerprint density at radius 1 is 1.50 bits per heavy atom. The first-order valence-electron chi connectivity index (χ1n) is 4.76. The molecule has 4 nitrogen and oxygen atoms in total. The molecular weight excluding hydrogens is 224 g/mol. The van der Waals surface area contributed by atoms with Gasteiger partial charge in [-0.05, 0) is 24.6 Å². The minimum atomic E-state index is -3.51. The maximum atomic E-state index is 11.8. The normalized spacial score (nSPS) is 11.0. The molecule has 1 aromatic carbocycles. The number of hydrogen-bond acceptors (Lipinski definition) is 3. The number of benzene rings is 1. The van der Waals surface area contributed by atoms with E-state index in [1.54, 1.807) is 19.1 Å². The summed E-state index contributed by atoms with van der Waals surface area (Å²) in [7, 11) is -3.51. The molecule has 1 aromatic rings. The van der Waals surface area contributed by atoms with E-state index in [1.807, 2.05) is 0 Å². The van der Waals surface area contributed by atoms with Crippen molar-refractivity contribution in [3.05, 3.63) is 23.8 Å². The van der Waals surface area contributed by atoms with Gasteiger partial charge in [-0.3, -0.25) is 0 Å². The number of nitrogen functional groups attached to an aromatic ring is 1. The Labute approximate surface area is 95.9 Å². The minimum Gasteiger partial charge on any atom is -0.399 e. The topological polar surface area (TPSA) is 72.2 Å². The van der Waals surface area contributed by atoms with Crippen molar-refractivity contribution in [1.29, 1.82) is 0 Å². The predicted molar refractivity (Wildman–Crippen MR) is 64.2 cm³/mol. The quantitative estimate of drug-likeness (QED) is 0.464. The molecular formula is C11H14N2O2S. The summed E-state index contributed by atoms with van der Waals surface area (Å²) in [6, 6.07) is 4.77. The van der Waals surface area contributed by atoms with Gasteiger partial charge >= 0.3 is 0 Å². The van der Waals surface area contributed by atoms with Crippen LogP contribution in [0.5, 0.6) is 0 Å². The van der Waals surface area contributed by atoms with Crippen molar-refractivity contribution in [2.24, 2.45) is 0 Å². The van der Waals surface area contributed by atoms with Gasteiger partial charge in [-0.1, -0.05) is 6.07 Å². The lowest BCUT2D eigenvalue weighted by Gasteiger charge is -2.08. The Hall–Kier alpha value is -1.51. The Bertz CT molecular complexity index is 515. The molecule has 0 aliphatic carbocycles. The highest BCUT2D eigenvalue weighted by molar-refractivity contribution is 7.89. The summed E-state index contributed by atoms with van der Waals surface area (Å²) in [6.07, 6.45) is 5.41. The lowest BCUT2D eigenvalue weighted by Crippen LogP contribution is -2.25. The van der Waals surface area contributed by atoms with Crippen molar-refractivity contribution in [2.45, 2.75) is 18.2 Å². The molecule has 0 saturated heterocycles. The van der Waals surface area contributed by atoms with Crippen LogP contribution in [0.2, 0.25) is 0 Å². The van der Waals surface area contributed by atoms with E-state index in [9.17, 15) is 8.42 Å². The Morgan fingerprint density at radius 3 is 2.81 bits per heavy atom. The zero-order chi connectivity index (χ0) is 12.2. The van der Waals surface area contributed by atoms with Crippen LogP contribution in [-0.4, -0.2) is 15.0 Å². The van der Waals surface area contributed by atoms with Crippen molar-refractivity contribution in [3.63, 3.8) is 0 Å². The number of nitrogens with two attached hydrogens (primary N) is 1. The van der Waals surface area contributed by atoms with Gasteiger partial charge in [-0.25, -0.2) is 13.1 Å². The third kappa shape index (κ3) is 2.99. The number of nitrogens with one attached hydrogen (secondary N) is 1. The fourth-order valence-corrected chi connectivity index (χ4v) is 2.55. The number of aryl methyl sites for hydroxylation is 1. The summed E-state index contributed by atoms with van der Waals surface area (Å²) < 4.78 is 26.1. The van der Waals surface area contributed by atoms with Gasteiger partial charge in [-0.2, -0.15) is 0 Å². The van der Waals surface area contributed by atoms with Gasteiger partial charge in [-0.15, -0.1) is 12.3 Å². The van der Waals surface area contributed by atoms with Crippen LogP contribution in [0.15, 0.2) is 23.1 Å². The molecule has 16 heavy (non-hydrogen) atoms. The first kappa shape index (κ1) is 12.6. The van der Waals surface area contributed by atoms with Gasteiger partial charge in [0, 0.05) is 18.7 Å². The van der Waals surface area contributed by atoms with Crippen LogP contribution < -0.4 is 10.5 Å². The van der Waals surface area contributed by atoms with Crippen molar-refractivity contribution < 1.29 is 8.42 Å². The molecule has 0 atom stereocenters. The molecule has 0 unspecified atom stereocenters. The van der Waals surface area contributed by atoms with Crippen LogP contribution in [0.25, 0.3) is 0 Å². The van der Waals surface area contributed by atoms with E-state index in [1.165, 1.54) is 6.07 Å². The molecule has 1 rings (SSSR count). The molecule has 0 spiro atoms. The molecule has 0 amide bonds. The highest BCUT2D eigenvalue weighted by atomic mass is 32.2. The van der Waals surface area contributed by atoms with Crippen molar-refractivity contribution in [3.8, 4) is 12.3 Å². The lowest BCUT2D eigenvalue weighted by molar-refractivity contribution is 0.582. The summed E-state index contributed by atoms with van der Waals surface area (Å²) in [4.78, 5) is 0.199. The molecule has 0 aliphatic rings. The summed E-state index contributed by atoms with van der Waals surface area (Å²) in [5.74, 6) is 2.37. The van der Waals surface area contributed by atoms with Gasteiger partial charge in [0.1, 0.15) is 0 Å². The standard InChI is InChI=1S/C11H14N2O2S/c1-3-4-7-13-16(14,15)11-8-10(12)6-5-9(11)2/h1,5-6,8,13H,4,7,12H2,2H3. The second-order valence-corrected chi connectivity index (χ2v) is 5.11. The molecule has 0 saturated carbocycles. The second kappa shape index (κ2) is 5.01. The molecule has 0 heterocycles. The zero-order valence-corrected chi connectivity index (χ0v) is 9.84. The lowest BCUT2D eigenvalue weighted by atomic mass is 10.2. The number of anilines is 1. The smallest absolute Gasteiger partial charge is 0.240 e. The summed E-state index contributed by atoms with van der Waals surface area (Å²) in [6.45, 7) is 1.95. The average Bonchev–Trinajstić information content (AvgIpc) is 2.22. The van der Waals surface area contributed by atoms with E-state index in [4.69, 9.17) is 12.2 Å². The van der Waals surface area contributed by atoms with Gasteiger partial charge < -0.3 is 5.73 Å². The first-order valence-corrected chi connectivity index (χ1v) is 6.25. The van der Waals surface area contributed by atoms with E-state index in [-0.39, 0.29) is 11.4 Å². The van der Waals surface area contributed by atoms with Crippen LogP contribution in [0.3, 0.4) is 0 Å². The van der Waals surface area contributed by atoms with Crippen LogP contribution >= 0.6 is 0 Å². The maximum Gasteiger partial charge on any atom is 0.240 e. The highest BCUT2D eigenvalue weighted by Gasteiger charge is 2.15. The van der Waals surface area contributed by atoms with E-state index in [2.05, 4.69) is 10.6 Å². The fourth-order valence-electron chi connectivity index (χ4n) is 1.24. The second-order valence-electron chi connectivity index (χ2n) is 3.38. The third-order valence-electron chi connectivity index (χ3n) is 2.06. The van der Waals surface area contributed by atoms with Crippen LogP contribution in [0, 0.1) is 19.3 Å². The Kier molecular flexibility index (Phi) is 3.93. The van der Waals surface area contributed by atoms with Crippen LogP contribution in [0.4, 0.5) is 5.69 Å². The van der Waals surface area contributed by atoms with Gasteiger partial charge in [0.05, 0.1) is 4.90 Å². The molecule has 0 aromatic heterocycles. The SMILES string of the molecule is C#CCCNS(=O)(=O)c1cc(N)ccc1C. The maximum absolute atomic E-state index is 11.8. The Morgan fingerprint density at radius 2 is 2.19 bits per heavy atom. The van der Waals surface area contributed by atoms with Crippen molar-refractivity contribution in [1.82, 2.24) is 4.72 Å². The number of sulfonamides is 1. The number of hydrogen-bond donors (Lipinski definition) is 2. The van der Waals surface area contributed by atoms with E-state index in [0.717, 1.165) is 0 Å². The fraction of sp³-hybridized carbons (Fsp3) is 0.273. The summed E-state index contributed by atoms with van der Waals surface area (Å²) in [5.41, 5.74) is 6.63. The largest absolute Gasteiger partial charge is 0.399 e. The van der Waals surface area contributed by atoms with E-state index in [0.29, 0.717) is 17.7 Å². The summed E-state index contributed by atoms with van der Waals surface area (Å²) >= 11 is 0. The third-order valence-corrected chi connectivity index (χ3v) is 3.67. The van der Waals surface area contributed by atoms with Crippen molar-refractivity contribution >= 4 is 15.7 Å². The molecule has 0 fully saturated rings. The first-order chi connectivity index (χ1) is 7.47. The molecule has 86 valence electrons. The monoisotopic (exact) mass is 238 g/mol. The van der Waals surface area contributed by atoms with Gasteiger partial charge in [0.15, 0.2) is 0 Å². The average molecular weight is 238 g/mol. The molecule has 3 N–H and O–H groups in total. The molecule has 0 aliphatic heterocycles. The van der Waals surface area contributed by atoms with Crippen molar-refractivity contribution in [2.75, 3.05) is 12.3 Å². The number of rotatable bonds is 4. The number of terminal acetylenes is 1. The minimum absolute atomic E-state index is 0.199. The predicted octanol–water partition coefficient (Wildman–Crippen LogP) is 0.879. The summed E-state index contributed by atoms with van der Waals surface area (Å²) in [5, 5.41) is 0. The molecule has 0 bridgehead atoms.